The molecule has 1 saturated heterocycles. The number of amides is 1. The van der Waals surface area contributed by atoms with E-state index in [1.165, 1.54) is 19.4 Å². The molecular weight excluding hydrogens is 300 g/mol. The van der Waals surface area contributed by atoms with E-state index in [9.17, 15) is 4.79 Å². The van der Waals surface area contributed by atoms with Crippen molar-refractivity contribution in [2.24, 2.45) is 17.8 Å². The second-order valence-corrected chi connectivity index (χ2v) is 7.37. The highest BCUT2D eigenvalue weighted by Crippen LogP contribution is 2.43. The summed E-state index contributed by atoms with van der Waals surface area (Å²) in [6.45, 7) is 4.84. The molecule has 3 aliphatic rings. The molecule has 3 atom stereocenters. The van der Waals surface area contributed by atoms with E-state index < -0.39 is 0 Å². The van der Waals surface area contributed by atoms with E-state index in [0.29, 0.717) is 0 Å². The Morgan fingerprint density at radius 3 is 2.67 bits per heavy atom. The number of benzene rings is 1. The molecule has 2 bridgehead atoms. The fourth-order valence-corrected chi connectivity index (χ4v) is 4.51. The van der Waals surface area contributed by atoms with E-state index >= 15 is 0 Å². The molecular formula is C20H26N2O2. The van der Waals surface area contributed by atoms with Gasteiger partial charge in [-0.1, -0.05) is 18.2 Å². The van der Waals surface area contributed by atoms with Crippen molar-refractivity contribution >= 4 is 5.91 Å². The normalized spacial score (nSPS) is 29.2. The molecule has 2 aliphatic carbocycles. The van der Waals surface area contributed by atoms with Gasteiger partial charge >= 0.3 is 0 Å². The first-order valence-electron chi connectivity index (χ1n) is 9.07. The van der Waals surface area contributed by atoms with Crippen molar-refractivity contribution in [3.8, 4) is 5.75 Å². The molecule has 24 heavy (non-hydrogen) atoms. The molecule has 4 heteroatoms. The number of ether oxygens (including phenoxy) is 1. The largest absolute Gasteiger partial charge is 0.497 e. The second-order valence-electron chi connectivity index (χ2n) is 7.37. The third-order valence-corrected chi connectivity index (χ3v) is 5.89. The number of carbonyl (C=O) groups is 1. The molecule has 0 spiro atoms. The third kappa shape index (κ3) is 3.07. The van der Waals surface area contributed by atoms with E-state index in [1.54, 1.807) is 7.11 Å². The lowest BCUT2D eigenvalue weighted by atomic mass is 9.93. The van der Waals surface area contributed by atoms with Crippen LogP contribution >= 0.6 is 0 Å². The van der Waals surface area contributed by atoms with Gasteiger partial charge in [0, 0.05) is 38.3 Å². The highest BCUT2D eigenvalue weighted by molar-refractivity contribution is 5.94. The third-order valence-electron chi connectivity index (χ3n) is 5.89. The first kappa shape index (κ1) is 15.7. The summed E-state index contributed by atoms with van der Waals surface area (Å²) in [6, 6.07) is 7.46. The molecule has 1 aromatic rings. The van der Waals surface area contributed by atoms with Crippen molar-refractivity contribution in [3.05, 3.63) is 42.0 Å². The van der Waals surface area contributed by atoms with Crippen molar-refractivity contribution in [1.82, 2.24) is 9.80 Å². The van der Waals surface area contributed by atoms with E-state index in [2.05, 4.69) is 17.1 Å². The average molecular weight is 326 g/mol. The Morgan fingerprint density at radius 2 is 2.00 bits per heavy atom. The lowest BCUT2D eigenvalue weighted by molar-refractivity contribution is 0.0610. The number of hydrogen-bond acceptors (Lipinski definition) is 3. The van der Waals surface area contributed by atoms with Gasteiger partial charge in [0.05, 0.1) is 7.11 Å². The van der Waals surface area contributed by atoms with Crippen molar-refractivity contribution in [2.45, 2.75) is 12.8 Å². The van der Waals surface area contributed by atoms with E-state index in [4.69, 9.17) is 4.74 Å². The molecule has 1 saturated carbocycles. The smallest absolute Gasteiger partial charge is 0.254 e. The molecule has 0 N–H and O–H groups in total. The molecule has 1 aromatic carbocycles. The zero-order chi connectivity index (χ0) is 16.5. The summed E-state index contributed by atoms with van der Waals surface area (Å²) in [5, 5.41) is 0. The van der Waals surface area contributed by atoms with Crippen LogP contribution in [0.25, 0.3) is 0 Å². The minimum atomic E-state index is 0.122. The molecule has 0 radical (unpaired) electrons. The molecule has 3 unspecified atom stereocenters. The van der Waals surface area contributed by atoms with Crippen molar-refractivity contribution < 1.29 is 9.53 Å². The number of carbonyl (C=O) groups excluding carboxylic acids is 1. The topological polar surface area (TPSA) is 32.8 Å². The summed E-state index contributed by atoms with van der Waals surface area (Å²) in [4.78, 5) is 17.2. The van der Waals surface area contributed by atoms with Crippen LogP contribution in [-0.4, -0.2) is 55.5 Å². The maximum absolute atomic E-state index is 12.7. The standard InChI is InChI=1S/C20H26N2O2/c1-24-19-4-2-3-17(13-19)20(23)22-9-7-21(8-10-22)14-18-12-15-5-6-16(18)11-15/h2-6,13,15-16,18H,7-12,14H2,1H3. The van der Waals surface area contributed by atoms with Crippen LogP contribution in [0, 0.1) is 17.8 Å². The number of rotatable bonds is 4. The molecule has 2 fully saturated rings. The highest BCUT2D eigenvalue weighted by atomic mass is 16.5. The van der Waals surface area contributed by atoms with Crippen molar-refractivity contribution in [1.29, 1.82) is 0 Å². The van der Waals surface area contributed by atoms with Crippen LogP contribution < -0.4 is 4.74 Å². The molecule has 128 valence electrons. The predicted molar refractivity (Wildman–Crippen MR) is 94.2 cm³/mol. The Kier molecular flexibility index (Phi) is 4.31. The maximum atomic E-state index is 12.7. The van der Waals surface area contributed by atoms with Crippen LogP contribution in [-0.2, 0) is 0 Å². The summed E-state index contributed by atoms with van der Waals surface area (Å²) >= 11 is 0. The van der Waals surface area contributed by atoms with Gasteiger partial charge in [0.1, 0.15) is 5.75 Å². The molecule has 4 nitrogen and oxygen atoms in total. The quantitative estimate of drug-likeness (QED) is 0.798. The monoisotopic (exact) mass is 326 g/mol. The predicted octanol–water partition coefficient (Wildman–Crippen LogP) is 2.67. The van der Waals surface area contributed by atoms with E-state index in [1.807, 2.05) is 29.2 Å². The number of piperazine rings is 1. The van der Waals surface area contributed by atoms with Gasteiger partial charge in [-0.15, -0.1) is 0 Å². The van der Waals surface area contributed by atoms with E-state index in [0.717, 1.165) is 55.2 Å². The van der Waals surface area contributed by atoms with Gasteiger partial charge in [0.2, 0.25) is 0 Å². The molecule has 0 aromatic heterocycles. The fraction of sp³-hybridized carbons (Fsp3) is 0.550. The van der Waals surface area contributed by atoms with Crippen LogP contribution in [0.4, 0.5) is 0 Å². The molecule has 1 aliphatic heterocycles. The molecule has 1 amide bonds. The summed E-state index contributed by atoms with van der Waals surface area (Å²) < 4.78 is 5.22. The first-order valence-corrected chi connectivity index (χ1v) is 9.07. The van der Waals surface area contributed by atoms with Crippen molar-refractivity contribution in [2.75, 3.05) is 39.8 Å². The van der Waals surface area contributed by atoms with Gasteiger partial charge in [0.15, 0.2) is 0 Å². The minimum absolute atomic E-state index is 0.122. The van der Waals surface area contributed by atoms with Crippen molar-refractivity contribution in [3.63, 3.8) is 0 Å². The number of nitrogens with zero attached hydrogens (tertiary/aromatic N) is 2. The number of allylic oxidation sites excluding steroid dienone is 2. The zero-order valence-electron chi connectivity index (χ0n) is 14.4. The van der Waals surface area contributed by atoms with Gasteiger partial charge < -0.3 is 9.64 Å². The maximum Gasteiger partial charge on any atom is 0.254 e. The zero-order valence-corrected chi connectivity index (χ0v) is 14.4. The Morgan fingerprint density at radius 1 is 1.17 bits per heavy atom. The second kappa shape index (κ2) is 6.60. The Bertz CT molecular complexity index is 634. The van der Waals surface area contributed by atoms with Crippen LogP contribution in [0.5, 0.6) is 5.75 Å². The average Bonchev–Trinajstić information content (AvgIpc) is 3.25. The van der Waals surface area contributed by atoms with Crippen LogP contribution in [0.2, 0.25) is 0 Å². The van der Waals surface area contributed by atoms with E-state index in [-0.39, 0.29) is 5.91 Å². The van der Waals surface area contributed by atoms with Gasteiger partial charge in [-0.3, -0.25) is 9.69 Å². The molecule has 1 heterocycles. The SMILES string of the molecule is COc1cccc(C(=O)N2CCN(CC3CC4C=CC3C4)CC2)c1. The number of hydrogen-bond donors (Lipinski definition) is 0. The minimum Gasteiger partial charge on any atom is -0.497 e. The number of fused-ring (bicyclic) bond motifs is 2. The summed E-state index contributed by atoms with van der Waals surface area (Å²) in [5.41, 5.74) is 0.723. The van der Waals surface area contributed by atoms with Crippen LogP contribution in [0.15, 0.2) is 36.4 Å². The van der Waals surface area contributed by atoms with Gasteiger partial charge in [-0.05, 0) is 48.8 Å². The lowest BCUT2D eigenvalue weighted by Crippen LogP contribution is -2.50. The first-order chi connectivity index (χ1) is 11.7. The molecule has 4 rings (SSSR count). The van der Waals surface area contributed by atoms with Gasteiger partial charge in [0.25, 0.3) is 5.91 Å². The fourth-order valence-electron chi connectivity index (χ4n) is 4.51. The van der Waals surface area contributed by atoms with Crippen LogP contribution in [0.3, 0.4) is 0 Å². The van der Waals surface area contributed by atoms with Gasteiger partial charge in [-0.2, -0.15) is 0 Å². The number of methoxy groups -OCH3 is 1. The summed E-state index contributed by atoms with van der Waals surface area (Å²) in [5.74, 6) is 3.35. The Hall–Kier alpha value is -1.81. The Labute approximate surface area is 144 Å². The summed E-state index contributed by atoms with van der Waals surface area (Å²) in [7, 11) is 1.63. The van der Waals surface area contributed by atoms with Gasteiger partial charge in [-0.25, -0.2) is 0 Å². The Balaban J connectivity index is 1.31. The van der Waals surface area contributed by atoms with Crippen LogP contribution in [0.1, 0.15) is 23.2 Å². The summed E-state index contributed by atoms with van der Waals surface area (Å²) in [6.07, 6.45) is 7.58. The lowest BCUT2D eigenvalue weighted by Gasteiger charge is -2.37. The highest BCUT2D eigenvalue weighted by Gasteiger charge is 2.36.